The van der Waals surface area contributed by atoms with Crippen LogP contribution in [0, 0.1) is 6.92 Å². The quantitative estimate of drug-likeness (QED) is 0.365. The smallest absolute Gasteiger partial charge is 0.0705 e. The molecule has 0 amide bonds. The number of fused-ring (bicyclic) bond motifs is 2. The van der Waals surface area contributed by atoms with Crippen LogP contribution in [0.2, 0.25) is 0 Å². The number of hydrogen-bond donors (Lipinski definition) is 0. The zero-order chi connectivity index (χ0) is 21.0. The molecule has 0 bridgehead atoms. The first-order valence-electron chi connectivity index (χ1n) is 10.6. The van der Waals surface area contributed by atoms with E-state index in [-0.39, 0.29) is 0 Å². The largest absolute Gasteiger partial charge is 0.286 e. The lowest BCUT2D eigenvalue weighted by molar-refractivity contribution is 0.239. The highest BCUT2D eigenvalue weighted by Gasteiger charge is 2.12. The van der Waals surface area contributed by atoms with Crippen LogP contribution in [0.4, 0.5) is 0 Å². The average molecular weight is 405 g/mol. The molecule has 5 aromatic rings. The van der Waals surface area contributed by atoms with Gasteiger partial charge >= 0.3 is 0 Å². The third-order valence-electron chi connectivity index (χ3n) is 5.41. The van der Waals surface area contributed by atoms with Crippen LogP contribution in [0.1, 0.15) is 22.8 Å². The number of aromatic nitrogens is 3. The van der Waals surface area contributed by atoms with Crippen LogP contribution in [-0.2, 0) is 19.6 Å². The van der Waals surface area contributed by atoms with Crippen molar-refractivity contribution in [3.8, 4) is 0 Å². The second-order valence-electron chi connectivity index (χ2n) is 7.91. The molecule has 0 aliphatic carbocycles. The Hall–Kier alpha value is -3.63. The molecule has 2 aromatic carbocycles. The summed E-state index contributed by atoms with van der Waals surface area (Å²) in [6, 6.07) is 31.2. The molecule has 0 fully saturated rings. The summed E-state index contributed by atoms with van der Waals surface area (Å²) in [6.07, 6.45) is 0. The second kappa shape index (κ2) is 8.62. The molecule has 4 heteroatoms. The maximum Gasteiger partial charge on any atom is 0.0705 e. The van der Waals surface area contributed by atoms with E-state index < -0.39 is 0 Å². The summed E-state index contributed by atoms with van der Waals surface area (Å²) in [5.74, 6) is 0. The molecular formula is C27H24N4. The van der Waals surface area contributed by atoms with E-state index in [0.717, 1.165) is 64.2 Å². The molecule has 0 saturated heterocycles. The normalized spacial score (nSPS) is 11.4. The van der Waals surface area contributed by atoms with Gasteiger partial charge in [-0.05, 0) is 43.3 Å². The maximum atomic E-state index is 4.88. The first-order chi connectivity index (χ1) is 15.2. The fraction of sp³-hybridized carbons (Fsp3) is 0.148. The lowest BCUT2D eigenvalue weighted by Crippen LogP contribution is -2.24. The van der Waals surface area contributed by atoms with Crippen LogP contribution >= 0.6 is 0 Å². The lowest BCUT2D eigenvalue weighted by Gasteiger charge is -2.22. The van der Waals surface area contributed by atoms with E-state index in [2.05, 4.69) is 65.6 Å². The van der Waals surface area contributed by atoms with Gasteiger partial charge in [0.2, 0.25) is 0 Å². The third kappa shape index (κ3) is 4.60. The van der Waals surface area contributed by atoms with Crippen molar-refractivity contribution in [3.05, 3.63) is 114 Å². The predicted molar refractivity (Wildman–Crippen MR) is 125 cm³/mol. The lowest BCUT2D eigenvalue weighted by atomic mass is 10.2. The van der Waals surface area contributed by atoms with Gasteiger partial charge in [0.15, 0.2) is 0 Å². The van der Waals surface area contributed by atoms with Crippen LogP contribution in [0.15, 0.2) is 91.0 Å². The predicted octanol–water partition coefficient (Wildman–Crippen LogP) is 5.69. The van der Waals surface area contributed by atoms with E-state index in [1.54, 1.807) is 0 Å². The van der Waals surface area contributed by atoms with Crippen molar-refractivity contribution in [1.29, 1.82) is 0 Å². The highest BCUT2D eigenvalue weighted by atomic mass is 15.1. The van der Waals surface area contributed by atoms with Gasteiger partial charge in [-0.25, -0.2) is 0 Å². The molecule has 0 radical (unpaired) electrons. The van der Waals surface area contributed by atoms with E-state index in [1.165, 1.54) is 0 Å². The summed E-state index contributed by atoms with van der Waals surface area (Å²) in [5.41, 5.74) is 6.24. The number of benzene rings is 2. The summed E-state index contributed by atoms with van der Waals surface area (Å²) in [4.78, 5) is 16.8. The number of hydrogen-bond acceptors (Lipinski definition) is 4. The fourth-order valence-electron chi connectivity index (χ4n) is 3.94. The molecular weight excluding hydrogens is 380 g/mol. The van der Waals surface area contributed by atoms with Gasteiger partial charge in [-0.3, -0.25) is 19.9 Å². The molecule has 152 valence electrons. The Morgan fingerprint density at radius 3 is 1.58 bits per heavy atom. The van der Waals surface area contributed by atoms with Gasteiger partial charge in [0.25, 0.3) is 0 Å². The minimum absolute atomic E-state index is 0.731. The zero-order valence-electron chi connectivity index (χ0n) is 17.6. The molecule has 4 nitrogen and oxygen atoms in total. The van der Waals surface area contributed by atoms with Gasteiger partial charge < -0.3 is 0 Å². The van der Waals surface area contributed by atoms with Crippen LogP contribution < -0.4 is 0 Å². The number of para-hydroxylation sites is 2. The van der Waals surface area contributed by atoms with E-state index >= 15 is 0 Å². The van der Waals surface area contributed by atoms with Crippen molar-refractivity contribution >= 4 is 21.8 Å². The molecule has 0 atom stereocenters. The van der Waals surface area contributed by atoms with Gasteiger partial charge in [-0.1, -0.05) is 54.6 Å². The standard InChI is InChI=1S/C27H24N4/c1-20-7-6-10-23(28-20)17-31(18-24-15-13-21-8-2-4-11-26(21)29-24)19-25-16-14-22-9-3-5-12-27(22)30-25/h2-16H,17-19H2,1H3. The maximum absolute atomic E-state index is 4.88. The molecule has 3 heterocycles. The minimum atomic E-state index is 0.731. The Morgan fingerprint density at radius 1 is 0.516 bits per heavy atom. The van der Waals surface area contributed by atoms with Crippen LogP contribution in [0.5, 0.6) is 0 Å². The molecule has 0 unspecified atom stereocenters. The summed E-state index contributed by atoms with van der Waals surface area (Å²) < 4.78 is 0. The van der Waals surface area contributed by atoms with Gasteiger partial charge in [0, 0.05) is 36.1 Å². The summed E-state index contributed by atoms with van der Waals surface area (Å²) in [5, 5.41) is 2.32. The Morgan fingerprint density at radius 2 is 1.03 bits per heavy atom. The van der Waals surface area contributed by atoms with Crippen molar-refractivity contribution in [2.24, 2.45) is 0 Å². The van der Waals surface area contributed by atoms with Crippen LogP contribution in [0.25, 0.3) is 21.8 Å². The van der Waals surface area contributed by atoms with E-state index in [1.807, 2.05) is 37.3 Å². The van der Waals surface area contributed by atoms with Crippen molar-refractivity contribution in [1.82, 2.24) is 19.9 Å². The SMILES string of the molecule is Cc1cccc(CN(Cc2ccc3ccccc3n2)Cc2ccc3ccccc3n2)n1. The van der Waals surface area contributed by atoms with Gasteiger partial charge in [-0.2, -0.15) is 0 Å². The summed E-state index contributed by atoms with van der Waals surface area (Å²) >= 11 is 0. The van der Waals surface area contributed by atoms with Gasteiger partial charge in [0.1, 0.15) is 0 Å². The van der Waals surface area contributed by atoms with E-state index in [0.29, 0.717) is 0 Å². The molecule has 0 N–H and O–H groups in total. The number of aryl methyl sites for hydroxylation is 1. The molecule has 0 saturated carbocycles. The minimum Gasteiger partial charge on any atom is -0.286 e. The molecule has 3 aromatic heterocycles. The van der Waals surface area contributed by atoms with E-state index in [4.69, 9.17) is 15.0 Å². The van der Waals surface area contributed by atoms with Crippen LogP contribution in [0.3, 0.4) is 0 Å². The molecule has 5 rings (SSSR count). The first kappa shape index (κ1) is 19.3. The number of nitrogens with zero attached hydrogens (tertiary/aromatic N) is 4. The molecule has 0 aliphatic rings. The van der Waals surface area contributed by atoms with Crippen LogP contribution in [-0.4, -0.2) is 19.9 Å². The Labute approximate surface area is 182 Å². The fourth-order valence-corrected chi connectivity index (χ4v) is 3.94. The van der Waals surface area contributed by atoms with Gasteiger partial charge in [0.05, 0.1) is 28.1 Å². The third-order valence-corrected chi connectivity index (χ3v) is 5.41. The highest BCUT2D eigenvalue weighted by molar-refractivity contribution is 5.79. The number of pyridine rings is 3. The number of rotatable bonds is 6. The van der Waals surface area contributed by atoms with Gasteiger partial charge in [-0.15, -0.1) is 0 Å². The molecule has 0 aliphatic heterocycles. The molecule has 0 spiro atoms. The van der Waals surface area contributed by atoms with Crippen molar-refractivity contribution < 1.29 is 0 Å². The van der Waals surface area contributed by atoms with Crippen molar-refractivity contribution in [3.63, 3.8) is 0 Å². The monoisotopic (exact) mass is 404 g/mol. The van der Waals surface area contributed by atoms with Crippen molar-refractivity contribution in [2.45, 2.75) is 26.6 Å². The second-order valence-corrected chi connectivity index (χ2v) is 7.91. The first-order valence-corrected chi connectivity index (χ1v) is 10.6. The highest BCUT2D eigenvalue weighted by Crippen LogP contribution is 2.18. The summed E-state index contributed by atoms with van der Waals surface area (Å²) in [7, 11) is 0. The zero-order valence-corrected chi connectivity index (χ0v) is 17.6. The van der Waals surface area contributed by atoms with E-state index in [9.17, 15) is 0 Å². The Balaban J connectivity index is 1.44. The topological polar surface area (TPSA) is 41.9 Å². The Bertz CT molecular complexity index is 1260. The Kier molecular flexibility index (Phi) is 5.38. The average Bonchev–Trinajstić information content (AvgIpc) is 2.79. The molecule has 31 heavy (non-hydrogen) atoms. The van der Waals surface area contributed by atoms with Crippen molar-refractivity contribution in [2.75, 3.05) is 0 Å². The summed E-state index contributed by atoms with van der Waals surface area (Å²) in [6.45, 7) is 4.23.